The molecule has 0 aromatic rings. The van der Waals surface area contributed by atoms with E-state index in [1.165, 1.54) is 11.8 Å². The molecule has 0 atom stereocenters. The summed E-state index contributed by atoms with van der Waals surface area (Å²) in [6.45, 7) is 5.68. The Morgan fingerprint density at radius 3 is 2.73 bits per heavy atom. The Hall–Kier alpha value is -0.480. The van der Waals surface area contributed by atoms with E-state index in [1.54, 1.807) is 6.92 Å². The molecule has 0 aromatic heterocycles. The van der Waals surface area contributed by atoms with Gasteiger partial charge in [0.2, 0.25) is 0 Å². The molecule has 1 heterocycles. The largest absolute Gasteiger partial charge is 0.298 e. The Balaban J connectivity index is 2.56. The van der Waals surface area contributed by atoms with E-state index in [4.69, 9.17) is 10.2 Å². The topological polar surface area (TPSA) is 45.1 Å². The van der Waals surface area contributed by atoms with Gasteiger partial charge in [-0.1, -0.05) is 11.8 Å². The van der Waals surface area contributed by atoms with Crippen molar-refractivity contribution in [3.05, 3.63) is 11.1 Å². The molecule has 1 aliphatic heterocycles. The van der Waals surface area contributed by atoms with Crippen LogP contribution in [-0.2, 0) is 4.84 Å². The molecular weight excluding hydrogens is 160 g/mol. The van der Waals surface area contributed by atoms with Crippen molar-refractivity contribution < 1.29 is 4.84 Å². The standard InChI is InChI=1S/C7H12N2OS/c1-5(8)11-6-4-7(2,3)10-9-6/h4,8-9H,1-3H3. The second-order valence-corrected chi connectivity index (χ2v) is 4.23. The van der Waals surface area contributed by atoms with Crippen LogP contribution in [0.2, 0.25) is 0 Å². The van der Waals surface area contributed by atoms with Gasteiger partial charge in [0, 0.05) is 0 Å². The first-order chi connectivity index (χ1) is 4.99. The Morgan fingerprint density at radius 2 is 2.36 bits per heavy atom. The van der Waals surface area contributed by atoms with Crippen LogP contribution in [-0.4, -0.2) is 10.6 Å². The lowest BCUT2D eigenvalue weighted by atomic mass is 10.1. The summed E-state index contributed by atoms with van der Waals surface area (Å²) in [5, 5.41) is 8.68. The number of hydrogen-bond acceptors (Lipinski definition) is 4. The molecule has 0 fully saturated rings. The summed E-state index contributed by atoms with van der Waals surface area (Å²) in [5.74, 6) is 0. The molecule has 4 heteroatoms. The van der Waals surface area contributed by atoms with E-state index in [1.807, 2.05) is 19.9 Å². The molecule has 1 aliphatic rings. The first-order valence-electron chi connectivity index (χ1n) is 3.39. The molecule has 0 aliphatic carbocycles. The van der Waals surface area contributed by atoms with Gasteiger partial charge < -0.3 is 0 Å². The minimum Gasteiger partial charge on any atom is -0.298 e. The normalized spacial score (nSPS) is 20.8. The zero-order valence-corrected chi connectivity index (χ0v) is 7.71. The summed E-state index contributed by atoms with van der Waals surface area (Å²) >= 11 is 1.37. The molecular formula is C7H12N2OS. The van der Waals surface area contributed by atoms with Crippen molar-refractivity contribution in [2.24, 2.45) is 0 Å². The third-order valence-electron chi connectivity index (χ3n) is 1.16. The summed E-state index contributed by atoms with van der Waals surface area (Å²) < 4.78 is 0. The smallest absolute Gasteiger partial charge is 0.111 e. The predicted octanol–water partition coefficient (Wildman–Crippen LogP) is 1.87. The maximum atomic E-state index is 7.22. The quantitative estimate of drug-likeness (QED) is 0.469. The number of rotatable bonds is 1. The van der Waals surface area contributed by atoms with Crippen molar-refractivity contribution >= 4 is 16.8 Å². The summed E-state index contributed by atoms with van der Waals surface area (Å²) in [5.41, 5.74) is 2.52. The molecule has 0 unspecified atom stereocenters. The van der Waals surface area contributed by atoms with E-state index in [-0.39, 0.29) is 5.60 Å². The lowest BCUT2D eigenvalue weighted by Crippen LogP contribution is -2.20. The number of thioether (sulfide) groups is 1. The summed E-state index contributed by atoms with van der Waals surface area (Å²) in [4.78, 5) is 5.19. The van der Waals surface area contributed by atoms with E-state index in [9.17, 15) is 0 Å². The molecule has 0 amide bonds. The van der Waals surface area contributed by atoms with Crippen molar-refractivity contribution in [1.29, 1.82) is 5.41 Å². The highest BCUT2D eigenvalue weighted by Gasteiger charge is 2.24. The summed E-state index contributed by atoms with van der Waals surface area (Å²) in [7, 11) is 0. The van der Waals surface area contributed by atoms with Crippen molar-refractivity contribution in [2.75, 3.05) is 0 Å². The van der Waals surface area contributed by atoms with Gasteiger partial charge in [0.05, 0.1) is 10.1 Å². The van der Waals surface area contributed by atoms with Crippen LogP contribution >= 0.6 is 11.8 Å². The van der Waals surface area contributed by atoms with Gasteiger partial charge in [-0.2, -0.15) is 0 Å². The summed E-state index contributed by atoms with van der Waals surface area (Å²) in [6.07, 6.45) is 1.97. The second-order valence-electron chi connectivity index (χ2n) is 2.97. The Kier molecular flexibility index (Phi) is 2.25. The Labute approximate surface area is 70.7 Å². The van der Waals surface area contributed by atoms with Crippen molar-refractivity contribution in [3.8, 4) is 0 Å². The Morgan fingerprint density at radius 1 is 1.73 bits per heavy atom. The monoisotopic (exact) mass is 172 g/mol. The molecule has 62 valence electrons. The van der Waals surface area contributed by atoms with Crippen LogP contribution in [0.15, 0.2) is 11.1 Å². The van der Waals surface area contributed by atoms with Crippen molar-refractivity contribution in [2.45, 2.75) is 26.4 Å². The van der Waals surface area contributed by atoms with Crippen molar-refractivity contribution in [1.82, 2.24) is 5.48 Å². The third-order valence-corrected chi connectivity index (χ3v) is 1.88. The summed E-state index contributed by atoms with van der Waals surface area (Å²) in [6, 6.07) is 0. The highest BCUT2D eigenvalue weighted by molar-refractivity contribution is 8.17. The number of hydrogen-bond donors (Lipinski definition) is 2. The lowest BCUT2D eigenvalue weighted by Gasteiger charge is -2.11. The van der Waals surface area contributed by atoms with Crippen LogP contribution in [0.5, 0.6) is 0 Å². The second kappa shape index (κ2) is 2.87. The van der Waals surface area contributed by atoms with Gasteiger partial charge in [-0.15, -0.1) is 0 Å². The van der Waals surface area contributed by atoms with Gasteiger partial charge in [-0.3, -0.25) is 15.7 Å². The minimum absolute atomic E-state index is 0.238. The fourth-order valence-corrected chi connectivity index (χ4v) is 1.53. The number of hydroxylamine groups is 1. The van der Waals surface area contributed by atoms with Crippen LogP contribution in [0.4, 0.5) is 0 Å². The van der Waals surface area contributed by atoms with E-state index < -0.39 is 0 Å². The average molecular weight is 172 g/mol. The molecule has 0 bridgehead atoms. The maximum Gasteiger partial charge on any atom is 0.111 e. The maximum absolute atomic E-state index is 7.22. The first kappa shape index (κ1) is 8.62. The van der Waals surface area contributed by atoms with Crippen LogP contribution in [0, 0.1) is 5.41 Å². The van der Waals surface area contributed by atoms with Gasteiger partial charge in [-0.25, -0.2) is 0 Å². The SMILES string of the molecule is CC(=N)SC1=CC(C)(C)ON1. The number of nitrogens with one attached hydrogen (secondary N) is 2. The van der Waals surface area contributed by atoms with Gasteiger partial charge in [0.1, 0.15) is 5.60 Å². The van der Waals surface area contributed by atoms with Crippen LogP contribution in [0.3, 0.4) is 0 Å². The molecule has 3 nitrogen and oxygen atoms in total. The molecule has 1 rings (SSSR count). The van der Waals surface area contributed by atoms with E-state index in [0.717, 1.165) is 5.03 Å². The van der Waals surface area contributed by atoms with E-state index in [2.05, 4.69) is 5.48 Å². The van der Waals surface area contributed by atoms with Gasteiger partial charge in [-0.05, 0) is 26.8 Å². The highest BCUT2D eigenvalue weighted by atomic mass is 32.2. The van der Waals surface area contributed by atoms with Gasteiger partial charge >= 0.3 is 0 Å². The molecule has 0 spiro atoms. The van der Waals surface area contributed by atoms with Gasteiger partial charge in [0.15, 0.2) is 0 Å². The molecule has 0 saturated carbocycles. The van der Waals surface area contributed by atoms with Crippen LogP contribution < -0.4 is 5.48 Å². The van der Waals surface area contributed by atoms with E-state index >= 15 is 0 Å². The van der Waals surface area contributed by atoms with Crippen molar-refractivity contribution in [3.63, 3.8) is 0 Å². The molecule has 11 heavy (non-hydrogen) atoms. The first-order valence-corrected chi connectivity index (χ1v) is 4.21. The fourth-order valence-electron chi connectivity index (χ4n) is 0.772. The van der Waals surface area contributed by atoms with E-state index in [0.29, 0.717) is 5.04 Å². The highest BCUT2D eigenvalue weighted by Crippen LogP contribution is 2.25. The van der Waals surface area contributed by atoms with Crippen LogP contribution in [0.1, 0.15) is 20.8 Å². The molecule has 2 N–H and O–H groups in total. The fraction of sp³-hybridized carbons (Fsp3) is 0.571. The zero-order valence-electron chi connectivity index (χ0n) is 6.89. The third kappa shape index (κ3) is 2.55. The molecule has 0 radical (unpaired) electrons. The molecule has 0 saturated heterocycles. The predicted molar refractivity (Wildman–Crippen MR) is 47.4 cm³/mol. The van der Waals surface area contributed by atoms with Crippen LogP contribution in [0.25, 0.3) is 0 Å². The Bertz CT molecular complexity index is 210. The minimum atomic E-state index is -0.238. The molecule has 0 aromatic carbocycles. The van der Waals surface area contributed by atoms with Gasteiger partial charge in [0.25, 0.3) is 0 Å². The average Bonchev–Trinajstić information content (AvgIpc) is 2.08. The lowest BCUT2D eigenvalue weighted by molar-refractivity contribution is -0.0126. The zero-order chi connectivity index (χ0) is 8.48.